The van der Waals surface area contributed by atoms with Crippen LogP contribution in [0.4, 0.5) is 0 Å². The molecule has 1 aliphatic carbocycles. The third-order valence-corrected chi connectivity index (χ3v) is 5.69. The van der Waals surface area contributed by atoms with Gasteiger partial charge in [0.1, 0.15) is 5.78 Å². The van der Waals surface area contributed by atoms with Crippen LogP contribution in [0.5, 0.6) is 0 Å². The summed E-state index contributed by atoms with van der Waals surface area (Å²) in [5, 5.41) is 2.92. The molecule has 0 bridgehead atoms. The van der Waals surface area contributed by atoms with E-state index in [1.54, 1.807) is 0 Å². The second-order valence-electron chi connectivity index (χ2n) is 5.64. The maximum atomic E-state index is 11.9. The third kappa shape index (κ3) is 2.46. The van der Waals surface area contributed by atoms with Crippen LogP contribution in [0.3, 0.4) is 0 Å². The van der Waals surface area contributed by atoms with E-state index in [2.05, 4.69) is 12.2 Å². The van der Waals surface area contributed by atoms with E-state index >= 15 is 0 Å². The van der Waals surface area contributed by atoms with Gasteiger partial charge in [-0.15, -0.1) is 11.3 Å². The molecule has 2 aliphatic rings. The number of thiophene rings is 1. The molecule has 19 heavy (non-hydrogen) atoms. The molecular formula is C15H19NO2S. The second kappa shape index (κ2) is 5.08. The standard InChI is InChI=1S/C15H19NO2S/c1-9-13(8-10-2-4-11(17)5-3-10)19-12-6-7-16-15(18)14(9)12/h10H,2-8H2,1H3,(H,16,18). The average molecular weight is 277 g/mol. The smallest absolute Gasteiger partial charge is 0.252 e. The van der Waals surface area contributed by atoms with E-state index in [4.69, 9.17) is 0 Å². The van der Waals surface area contributed by atoms with Crippen LogP contribution in [0.1, 0.15) is 51.4 Å². The van der Waals surface area contributed by atoms with Gasteiger partial charge in [-0.2, -0.15) is 0 Å². The molecule has 0 atom stereocenters. The van der Waals surface area contributed by atoms with Gasteiger partial charge in [0.05, 0.1) is 5.56 Å². The summed E-state index contributed by atoms with van der Waals surface area (Å²) >= 11 is 1.81. The van der Waals surface area contributed by atoms with Crippen LogP contribution in [0.25, 0.3) is 0 Å². The molecule has 2 heterocycles. The predicted molar refractivity (Wildman–Crippen MR) is 75.8 cm³/mol. The monoisotopic (exact) mass is 277 g/mol. The Balaban J connectivity index is 1.78. The van der Waals surface area contributed by atoms with Crippen molar-refractivity contribution in [1.82, 2.24) is 5.32 Å². The topological polar surface area (TPSA) is 46.2 Å². The van der Waals surface area contributed by atoms with Crippen molar-refractivity contribution in [2.45, 2.75) is 45.4 Å². The number of nitrogens with one attached hydrogen (secondary N) is 1. The zero-order valence-corrected chi connectivity index (χ0v) is 12.1. The summed E-state index contributed by atoms with van der Waals surface area (Å²) in [5.41, 5.74) is 2.10. The van der Waals surface area contributed by atoms with Crippen LogP contribution >= 0.6 is 11.3 Å². The zero-order valence-electron chi connectivity index (χ0n) is 11.3. The van der Waals surface area contributed by atoms with Gasteiger partial charge in [0.25, 0.3) is 5.91 Å². The van der Waals surface area contributed by atoms with Gasteiger partial charge < -0.3 is 5.32 Å². The Morgan fingerprint density at radius 2 is 1.95 bits per heavy atom. The number of ketones is 1. The quantitative estimate of drug-likeness (QED) is 0.903. The predicted octanol–water partition coefficient (Wildman–Crippen LogP) is 2.64. The molecule has 1 saturated carbocycles. The SMILES string of the molecule is Cc1c(CC2CCC(=O)CC2)sc2c1C(=O)NCC2. The summed E-state index contributed by atoms with van der Waals surface area (Å²) < 4.78 is 0. The fourth-order valence-electron chi connectivity index (χ4n) is 3.14. The number of fused-ring (bicyclic) bond motifs is 1. The van der Waals surface area contributed by atoms with Gasteiger partial charge in [0.2, 0.25) is 0 Å². The van der Waals surface area contributed by atoms with Gasteiger partial charge in [-0.1, -0.05) is 0 Å². The van der Waals surface area contributed by atoms with E-state index in [0.29, 0.717) is 11.7 Å². The molecule has 102 valence electrons. The van der Waals surface area contributed by atoms with E-state index in [1.807, 2.05) is 11.3 Å². The van der Waals surface area contributed by atoms with Crippen LogP contribution in [0, 0.1) is 12.8 Å². The lowest BCUT2D eigenvalue weighted by atomic mass is 9.85. The minimum atomic E-state index is 0.0973. The Labute approximate surface area is 117 Å². The summed E-state index contributed by atoms with van der Waals surface area (Å²) in [4.78, 5) is 25.8. The molecule has 1 N–H and O–H groups in total. The van der Waals surface area contributed by atoms with Crippen LogP contribution < -0.4 is 5.32 Å². The highest BCUT2D eigenvalue weighted by Gasteiger charge is 2.26. The molecule has 0 spiro atoms. The molecule has 4 heteroatoms. The number of Topliss-reactive ketones (excluding diaryl/α,β-unsaturated/α-hetero) is 1. The number of carbonyl (C=O) groups is 2. The molecule has 0 aromatic carbocycles. The van der Waals surface area contributed by atoms with Crippen LogP contribution in [0.15, 0.2) is 0 Å². The van der Waals surface area contributed by atoms with Crippen LogP contribution in [-0.2, 0) is 17.6 Å². The van der Waals surface area contributed by atoms with E-state index in [1.165, 1.54) is 15.3 Å². The van der Waals surface area contributed by atoms with Gasteiger partial charge in [0.15, 0.2) is 0 Å². The first kappa shape index (κ1) is 12.9. The molecule has 3 rings (SSSR count). The van der Waals surface area contributed by atoms with Crippen molar-refractivity contribution in [3.8, 4) is 0 Å². The summed E-state index contributed by atoms with van der Waals surface area (Å²) in [6.45, 7) is 2.84. The lowest BCUT2D eigenvalue weighted by Crippen LogP contribution is -2.31. The van der Waals surface area contributed by atoms with Gasteiger partial charge in [-0.3, -0.25) is 9.59 Å². The first-order valence-electron chi connectivity index (χ1n) is 7.06. The molecule has 1 amide bonds. The molecule has 1 fully saturated rings. The Kier molecular flexibility index (Phi) is 3.44. The largest absolute Gasteiger partial charge is 0.352 e. The molecule has 1 aromatic heterocycles. The van der Waals surface area contributed by atoms with Crippen molar-refractivity contribution in [3.05, 3.63) is 20.9 Å². The molecule has 3 nitrogen and oxygen atoms in total. The lowest BCUT2D eigenvalue weighted by Gasteiger charge is -2.20. The highest BCUT2D eigenvalue weighted by Crippen LogP contribution is 2.34. The highest BCUT2D eigenvalue weighted by molar-refractivity contribution is 7.12. The van der Waals surface area contributed by atoms with Crippen molar-refractivity contribution in [3.63, 3.8) is 0 Å². The maximum absolute atomic E-state index is 11.9. The van der Waals surface area contributed by atoms with E-state index < -0.39 is 0 Å². The van der Waals surface area contributed by atoms with Crippen molar-refractivity contribution in [2.75, 3.05) is 6.54 Å². The molecule has 1 aliphatic heterocycles. The number of rotatable bonds is 2. The van der Waals surface area contributed by atoms with Crippen molar-refractivity contribution in [1.29, 1.82) is 0 Å². The van der Waals surface area contributed by atoms with Crippen molar-refractivity contribution < 1.29 is 9.59 Å². The molecule has 1 aromatic rings. The first-order valence-corrected chi connectivity index (χ1v) is 7.88. The fraction of sp³-hybridized carbons (Fsp3) is 0.600. The fourth-order valence-corrected chi connectivity index (χ4v) is 4.56. The van der Waals surface area contributed by atoms with Gasteiger partial charge >= 0.3 is 0 Å². The number of carbonyl (C=O) groups excluding carboxylic acids is 2. The summed E-state index contributed by atoms with van der Waals surface area (Å²) in [6, 6.07) is 0. The molecule has 0 unspecified atom stereocenters. The summed E-state index contributed by atoms with van der Waals surface area (Å²) in [7, 11) is 0. The maximum Gasteiger partial charge on any atom is 0.252 e. The average Bonchev–Trinajstić information content (AvgIpc) is 2.71. The number of hydrogen-bond acceptors (Lipinski definition) is 3. The van der Waals surface area contributed by atoms with Crippen molar-refractivity contribution in [2.24, 2.45) is 5.92 Å². The van der Waals surface area contributed by atoms with E-state index in [9.17, 15) is 9.59 Å². The molecule has 0 saturated heterocycles. The summed E-state index contributed by atoms with van der Waals surface area (Å²) in [6.07, 6.45) is 5.55. The first-order chi connectivity index (χ1) is 9.15. The van der Waals surface area contributed by atoms with Gasteiger partial charge in [-0.05, 0) is 44.1 Å². The minimum absolute atomic E-state index is 0.0973. The van der Waals surface area contributed by atoms with Gasteiger partial charge in [-0.25, -0.2) is 0 Å². The number of amides is 1. The summed E-state index contributed by atoms with van der Waals surface area (Å²) in [5.74, 6) is 1.14. The third-order valence-electron chi connectivity index (χ3n) is 4.32. The Morgan fingerprint density at radius 3 is 2.63 bits per heavy atom. The highest BCUT2D eigenvalue weighted by atomic mass is 32.1. The Morgan fingerprint density at radius 1 is 1.21 bits per heavy atom. The Bertz CT molecular complexity index is 522. The minimum Gasteiger partial charge on any atom is -0.352 e. The van der Waals surface area contributed by atoms with E-state index in [0.717, 1.165) is 50.6 Å². The second-order valence-corrected chi connectivity index (χ2v) is 6.83. The van der Waals surface area contributed by atoms with Gasteiger partial charge in [0, 0.05) is 29.1 Å². The molecular weight excluding hydrogens is 258 g/mol. The zero-order chi connectivity index (χ0) is 13.4. The molecule has 0 radical (unpaired) electrons. The van der Waals surface area contributed by atoms with Crippen molar-refractivity contribution >= 4 is 23.0 Å². The Hall–Kier alpha value is -1.16. The van der Waals surface area contributed by atoms with E-state index in [-0.39, 0.29) is 5.91 Å². The lowest BCUT2D eigenvalue weighted by molar-refractivity contribution is -0.120. The number of hydrogen-bond donors (Lipinski definition) is 1. The van der Waals surface area contributed by atoms with Crippen LogP contribution in [0.2, 0.25) is 0 Å². The van der Waals surface area contributed by atoms with Crippen LogP contribution in [-0.4, -0.2) is 18.2 Å². The normalized spacial score (nSPS) is 20.3.